The maximum atomic E-state index is 3.84. The lowest BCUT2D eigenvalue weighted by Gasteiger charge is -2.14. The molecule has 1 N–H and O–H groups in total. The number of aromatic nitrogens is 1. The van der Waals surface area contributed by atoms with Crippen LogP contribution >= 0.6 is 0 Å². The minimum atomic E-state index is 1.08. The average molecular weight is 535 g/mol. The highest BCUT2D eigenvalue weighted by atomic mass is 15.0. The smallest absolute Gasteiger partial charge is 0.0620 e. The van der Waals surface area contributed by atoms with Gasteiger partial charge in [0.2, 0.25) is 0 Å². The van der Waals surface area contributed by atoms with Crippen LogP contribution in [-0.2, 0) is 0 Å². The third-order valence-electron chi connectivity index (χ3n) is 8.71. The van der Waals surface area contributed by atoms with Gasteiger partial charge in [-0.05, 0) is 74.1 Å². The number of nitrogens with one attached hydrogen (secondary N) is 1. The quantitative estimate of drug-likeness (QED) is 0.223. The summed E-state index contributed by atoms with van der Waals surface area (Å²) < 4.78 is 2.41. The molecule has 0 amide bonds. The van der Waals surface area contributed by atoms with Crippen LogP contribution in [0.3, 0.4) is 0 Å². The Morgan fingerprint density at radius 3 is 1.74 bits per heavy atom. The Bertz CT molecular complexity index is 2450. The fourth-order valence-corrected chi connectivity index (χ4v) is 6.92. The topological polar surface area (TPSA) is 17.0 Å². The third kappa shape index (κ3) is 3.33. The second-order valence-corrected chi connectivity index (χ2v) is 11.0. The summed E-state index contributed by atoms with van der Waals surface area (Å²) in [6.07, 6.45) is 0. The molecule has 0 atom stereocenters. The molecule has 1 heterocycles. The zero-order valence-corrected chi connectivity index (χ0v) is 22.9. The van der Waals surface area contributed by atoms with E-state index in [0.29, 0.717) is 0 Å². The highest BCUT2D eigenvalue weighted by Gasteiger charge is 2.18. The minimum absolute atomic E-state index is 1.08. The first-order chi connectivity index (χ1) is 20.8. The minimum Gasteiger partial charge on any atom is -0.355 e. The van der Waals surface area contributed by atoms with Crippen LogP contribution in [0.2, 0.25) is 0 Å². The van der Waals surface area contributed by atoms with Crippen LogP contribution in [0.25, 0.3) is 70.6 Å². The first kappa shape index (κ1) is 23.1. The van der Waals surface area contributed by atoms with Crippen molar-refractivity contribution in [2.45, 2.75) is 0 Å². The number of hydrogen-bond donors (Lipinski definition) is 1. The van der Waals surface area contributed by atoms with Crippen molar-refractivity contribution in [2.24, 2.45) is 0 Å². The molecule has 0 spiro atoms. The Kier molecular flexibility index (Phi) is 4.93. The molecule has 0 saturated heterocycles. The number of fused-ring (bicyclic) bond motifs is 11. The molecule has 8 aromatic carbocycles. The Morgan fingerprint density at radius 2 is 1.00 bits per heavy atom. The van der Waals surface area contributed by atoms with Gasteiger partial charge in [0.05, 0.1) is 11.0 Å². The van der Waals surface area contributed by atoms with Crippen LogP contribution in [0.5, 0.6) is 0 Å². The molecule has 2 nitrogen and oxygen atoms in total. The van der Waals surface area contributed by atoms with Gasteiger partial charge in [0.25, 0.3) is 0 Å². The Labute approximate surface area is 243 Å². The second kappa shape index (κ2) is 8.95. The van der Waals surface area contributed by atoms with Crippen molar-refractivity contribution in [3.05, 3.63) is 152 Å². The van der Waals surface area contributed by atoms with Crippen molar-refractivity contribution in [1.29, 1.82) is 0 Å². The lowest BCUT2D eigenvalue weighted by Crippen LogP contribution is -1.95. The highest BCUT2D eigenvalue weighted by Crippen LogP contribution is 2.42. The van der Waals surface area contributed by atoms with E-state index in [1.165, 1.54) is 64.9 Å². The number of benzene rings is 8. The molecule has 0 unspecified atom stereocenters. The van der Waals surface area contributed by atoms with E-state index >= 15 is 0 Å². The van der Waals surface area contributed by atoms with Crippen molar-refractivity contribution in [3.63, 3.8) is 0 Å². The zero-order valence-electron chi connectivity index (χ0n) is 22.9. The fraction of sp³-hybridized carbons (Fsp3) is 0. The van der Waals surface area contributed by atoms with Gasteiger partial charge < -0.3 is 9.88 Å². The highest BCUT2D eigenvalue weighted by molar-refractivity contribution is 6.26. The molecule has 2 heteroatoms. The molecular formula is C40H26N2. The summed E-state index contributed by atoms with van der Waals surface area (Å²) in [7, 11) is 0. The van der Waals surface area contributed by atoms with E-state index in [1.807, 2.05) is 0 Å². The van der Waals surface area contributed by atoms with Crippen molar-refractivity contribution >= 4 is 76.3 Å². The fourth-order valence-electron chi connectivity index (χ4n) is 6.92. The van der Waals surface area contributed by atoms with Crippen LogP contribution in [0, 0.1) is 0 Å². The molecule has 0 radical (unpaired) electrons. The second-order valence-electron chi connectivity index (χ2n) is 11.0. The Balaban J connectivity index is 1.31. The molecule has 9 rings (SSSR count). The van der Waals surface area contributed by atoms with Gasteiger partial charge in [-0.25, -0.2) is 0 Å². The molecule has 9 aromatic rings. The molecule has 196 valence electrons. The standard InChI is InChI=1S/C40H26N2/c1-2-12-28(13-3-1)42-38-20-10-19-37(39(38)35-23-21-26-11-4-5-14-29(26)40(35)42)41-27-22-24-34-32-17-7-6-15-30(32)31-16-8-9-18-33(31)36(34)25-27/h1-25,41H. The summed E-state index contributed by atoms with van der Waals surface area (Å²) in [5, 5.41) is 16.5. The maximum Gasteiger partial charge on any atom is 0.0620 e. The number of nitrogens with zero attached hydrogens (tertiary/aromatic N) is 1. The number of hydrogen-bond acceptors (Lipinski definition) is 1. The van der Waals surface area contributed by atoms with Gasteiger partial charge in [0, 0.05) is 33.2 Å². The van der Waals surface area contributed by atoms with E-state index in [0.717, 1.165) is 17.1 Å². The summed E-state index contributed by atoms with van der Waals surface area (Å²) in [4.78, 5) is 0. The Hall–Kier alpha value is -5.60. The Morgan fingerprint density at radius 1 is 0.405 bits per heavy atom. The van der Waals surface area contributed by atoms with E-state index in [-0.39, 0.29) is 0 Å². The third-order valence-corrected chi connectivity index (χ3v) is 8.71. The van der Waals surface area contributed by atoms with E-state index in [4.69, 9.17) is 0 Å². The molecular weight excluding hydrogens is 508 g/mol. The molecule has 0 aliphatic heterocycles. The molecule has 0 aliphatic carbocycles. The van der Waals surface area contributed by atoms with Crippen LogP contribution in [0.15, 0.2) is 152 Å². The predicted molar refractivity (Wildman–Crippen MR) is 181 cm³/mol. The number of para-hydroxylation sites is 1. The SMILES string of the molecule is c1ccc(-n2c3cccc(Nc4ccc5c6ccccc6c6ccccc6c5c4)c3c3ccc4ccccc4c32)cc1. The van der Waals surface area contributed by atoms with Crippen molar-refractivity contribution in [1.82, 2.24) is 4.57 Å². The van der Waals surface area contributed by atoms with E-state index in [9.17, 15) is 0 Å². The summed E-state index contributed by atoms with van der Waals surface area (Å²) in [5.74, 6) is 0. The van der Waals surface area contributed by atoms with E-state index in [1.54, 1.807) is 0 Å². The van der Waals surface area contributed by atoms with Gasteiger partial charge in [-0.3, -0.25) is 0 Å². The van der Waals surface area contributed by atoms with Gasteiger partial charge in [0.1, 0.15) is 0 Å². The summed E-state index contributed by atoms with van der Waals surface area (Å²) in [5.41, 5.74) is 5.77. The average Bonchev–Trinajstić information content (AvgIpc) is 3.41. The summed E-state index contributed by atoms with van der Waals surface area (Å²) in [6, 6.07) is 54.8. The van der Waals surface area contributed by atoms with Gasteiger partial charge in [-0.1, -0.05) is 115 Å². The van der Waals surface area contributed by atoms with Crippen LogP contribution in [0.4, 0.5) is 11.4 Å². The lowest BCUT2D eigenvalue weighted by atomic mass is 9.94. The van der Waals surface area contributed by atoms with Crippen molar-refractivity contribution in [3.8, 4) is 5.69 Å². The predicted octanol–water partition coefficient (Wildman–Crippen LogP) is 11.1. The molecule has 42 heavy (non-hydrogen) atoms. The van der Waals surface area contributed by atoms with E-state index in [2.05, 4.69) is 162 Å². The van der Waals surface area contributed by atoms with Crippen LogP contribution in [-0.4, -0.2) is 4.57 Å². The maximum absolute atomic E-state index is 3.84. The van der Waals surface area contributed by atoms with Gasteiger partial charge in [-0.15, -0.1) is 0 Å². The molecule has 0 fully saturated rings. The van der Waals surface area contributed by atoms with Crippen LogP contribution in [0.1, 0.15) is 0 Å². The first-order valence-corrected chi connectivity index (χ1v) is 14.5. The van der Waals surface area contributed by atoms with Crippen molar-refractivity contribution in [2.75, 3.05) is 5.32 Å². The first-order valence-electron chi connectivity index (χ1n) is 14.5. The normalized spacial score (nSPS) is 11.8. The monoisotopic (exact) mass is 534 g/mol. The molecule has 1 aromatic heterocycles. The van der Waals surface area contributed by atoms with Gasteiger partial charge >= 0.3 is 0 Å². The lowest BCUT2D eigenvalue weighted by molar-refractivity contribution is 1.19. The number of anilines is 2. The molecule has 0 bridgehead atoms. The zero-order chi connectivity index (χ0) is 27.6. The largest absolute Gasteiger partial charge is 0.355 e. The van der Waals surface area contributed by atoms with Crippen LogP contribution < -0.4 is 5.32 Å². The summed E-state index contributed by atoms with van der Waals surface area (Å²) >= 11 is 0. The summed E-state index contributed by atoms with van der Waals surface area (Å²) in [6.45, 7) is 0. The van der Waals surface area contributed by atoms with Crippen molar-refractivity contribution < 1.29 is 0 Å². The molecule has 0 aliphatic rings. The molecule has 0 saturated carbocycles. The van der Waals surface area contributed by atoms with Gasteiger partial charge in [0.15, 0.2) is 0 Å². The number of rotatable bonds is 3. The van der Waals surface area contributed by atoms with Gasteiger partial charge in [-0.2, -0.15) is 0 Å². The van der Waals surface area contributed by atoms with E-state index < -0.39 is 0 Å².